The zero-order valence-corrected chi connectivity index (χ0v) is 14.3. The Morgan fingerprint density at radius 2 is 2.08 bits per heavy atom. The van der Waals surface area contributed by atoms with E-state index >= 15 is 0 Å². The minimum absolute atomic E-state index is 0.00689. The van der Waals surface area contributed by atoms with Crippen LogP contribution in [0.3, 0.4) is 0 Å². The smallest absolute Gasteiger partial charge is 0.231 e. The number of carbonyl (C=O) groups is 1. The van der Waals surface area contributed by atoms with Crippen molar-refractivity contribution in [3.05, 3.63) is 65.2 Å². The first-order valence-electron chi connectivity index (χ1n) is 8.90. The lowest BCUT2D eigenvalue weighted by Gasteiger charge is -2.15. The number of nitrogens with one attached hydrogen (secondary N) is 3. The molecule has 0 radical (unpaired) electrons. The number of aryl methyl sites for hydroxylation is 1. The minimum Gasteiger partial charge on any atom is -0.326 e. The van der Waals surface area contributed by atoms with Gasteiger partial charge in [0.25, 0.3) is 0 Å². The van der Waals surface area contributed by atoms with E-state index in [4.69, 9.17) is 4.84 Å². The minimum atomic E-state index is -0.0756. The number of para-hydroxylation sites is 1. The molecule has 5 nitrogen and oxygen atoms in total. The summed E-state index contributed by atoms with van der Waals surface area (Å²) in [7, 11) is 0. The van der Waals surface area contributed by atoms with Crippen LogP contribution in [0.2, 0.25) is 0 Å². The van der Waals surface area contributed by atoms with Gasteiger partial charge in [-0.15, -0.1) is 0 Å². The van der Waals surface area contributed by atoms with E-state index in [-0.39, 0.29) is 24.2 Å². The van der Waals surface area contributed by atoms with Gasteiger partial charge in [0.2, 0.25) is 5.91 Å². The Kier molecular flexibility index (Phi) is 4.53. The molecule has 25 heavy (non-hydrogen) atoms. The third-order valence-corrected chi connectivity index (χ3v) is 4.99. The van der Waals surface area contributed by atoms with Crippen LogP contribution in [0.5, 0.6) is 0 Å². The second kappa shape index (κ2) is 6.96. The molecule has 3 atom stereocenters. The molecular weight excluding hydrogens is 314 g/mol. The number of carbonyl (C=O) groups excluding carboxylic acids is 1. The molecule has 130 valence electrons. The quantitative estimate of drug-likeness (QED) is 0.802. The Labute approximate surface area is 147 Å². The first-order valence-corrected chi connectivity index (χ1v) is 8.90. The first kappa shape index (κ1) is 16.3. The summed E-state index contributed by atoms with van der Waals surface area (Å²) in [5.41, 5.74) is 7.44. The predicted octanol–water partition coefficient (Wildman–Crippen LogP) is 3.21. The van der Waals surface area contributed by atoms with Gasteiger partial charge in [0.05, 0.1) is 5.92 Å². The Morgan fingerprint density at radius 1 is 1.24 bits per heavy atom. The SMILES string of the molecule is CCC1NC(c2ccc3c(c2)CC[C@@H]3C(=O)Nc2ccccc2)NO1. The summed E-state index contributed by atoms with van der Waals surface area (Å²) in [4.78, 5) is 18.1. The number of benzene rings is 2. The third-order valence-electron chi connectivity index (χ3n) is 4.99. The number of hydrogen-bond donors (Lipinski definition) is 3. The van der Waals surface area contributed by atoms with Crippen LogP contribution in [0.1, 0.15) is 48.5 Å². The summed E-state index contributed by atoms with van der Waals surface area (Å²) in [6.45, 7) is 2.08. The molecule has 3 N–H and O–H groups in total. The lowest BCUT2D eigenvalue weighted by molar-refractivity contribution is -0.117. The molecule has 0 bridgehead atoms. The van der Waals surface area contributed by atoms with Gasteiger partial charge >= 0.3 is 0 Å². The van der Waals surface area contributed by atoms with E-state index in [1.165, 1.54) is 5.56 Å². The molecule has 1 saturated heterocycles. The van der Waals surface area contributed by atoms with E-state index in [9.17, 15) is 4.79 Å². The van der Waals surface area contributed by atoms with Crippen molar-refractivity contribution >= 4 is 11.6 Å². The highest BCUT2D eigenvalue weighted by atomic mass is 16.7. The van der Waals surface area contributed by atoms with Gasteiger partial charge in [0.1, 0.15) is 12.4 Å². The highest BCUT2D eigenvalue weighted by Crippen LogP contribution is 2.35. The number of rotatable bonds is 4. The van der Waals surface area contributed by atoms with Crippen molar-refractivity contribution in [3.8, 4) is 0 Å². The van der Waals surface area contributed by atoms with E-state index in [0.717, 1.165) is 36.1 Å². The molecule has 1 amide bonds. The van der Waals surface area contributed by atoms with Gasteiger partial charge in [-0.3, -0.25) is 14.9 Å². The molecule has 1 aliphatic heterocycles. The van der Waals surface area contributed by atoms with Gasteiger partial charge in [0, 0.05) is 5.69 Å². The second-order valence-electron chi connectivity index (χ2n) is 6.64. The number of hydroxylamine groups is 1. The van der Waals surface area contributed by atoms with E-state index in [1.807, 2.05) is 30.3 Å². The largest absolute Gasteiger partial charge is 0.326 e. The molecular formula is C20H23N3O2. The van der Waals surface area contributed by atoms with Crippen LogP contribution >= 0.6 is 0 Å². The van der Waals surface area contributed by atoms with Gasteiger partial charge in [0.15, 0.2) is 0 Å². The van der Waals surface area contributed by atoms with E-state index in [0.29, 0.717) is 0 Å². The van der Waals surface area contributed by atoms with Gasteiger partial charge in [-0.1, -0.05) is 43.3 Å². The van der Waals surface area contributed by atoms with Crippen LogP contribution in [0, 0.1) is 0 Å². The number of anilines is 1. The summed E-state index contributed by atoms with van der Waals surface area (Å²) in [6.07, 6.45) is 2.75. The molecule has 0 saturated carbocycles. The Hall–Kier alpha value is -2.21. The Morgan fingerprint density at radius 3 is 2.84 bits per heavy atom. The van der Waals surface area contributed by atoms with E-state index < -0.39 is 0 Å². The van der Waals surface area contributed by atoms with Crippen LogP contribution < -0.4 is 16.1 Å². The van der Waals surface area contributed by atoms with Crippen molar-refractivity contribution in [2.75, 3.05) is 5.32 Å². The van der Waals surface area contributed by atoms with Crippen molar-refractivity contribution in [3.63, 3.8) is 0 Å². The van der Waals surface area contributed by atoms with E-state index in [2.05, 4.69) is 41.2 Å². The van der Waals surface area contributed by atoms with Crippen molar-refractivity contribution in [1.29, 1.82) is 0 Å². The summed E-state index contributed by atoms with van der Waals surface area (Å²) < 4.78 is 0. The fourth-order valence-electron chi connectivity index (χ4n) is 3.61. The maximum absolute atomic E-state index is 12.6. The first-order chi connectivity index (χ1) is 12.2. The summed E-state index contributed by atoms with van der Waals surface area (Å²) in [5.74, 6) is -0.00223. The number of amides is 1. The molecule has 0 aromatic heterocycles. The maximum atomic E-state index is 12.6. The molecule has 4 rings (SSSR count). The third kappa shape index (κ3) is 3.31. The van der Waals surface area contributed by atoms with Gasteiger partial charge in [-0.2, -0.15) is 5.48 Å². The van der Waals surface area contributed by atoms with Crippen LogP contribution in [-0.2, 0) is 16.1 Å². The number of fused-ring (bicyclic) bond motifs is 1. The highest BCUT2D eigenvalue weighted by Gasteiger charge is 2.30. The van der Waals surface area contributed by atoms with Crippen molar-refractivity contribution in [2.24, 2.45) is 0 Å². The molecule has 1 aliphatic carbocycles. The van der Waals surface area contributed by atoms with Gasteiger partial charge in [-0.05, 0) is 48.1 Å². The standard InChI is InChI=1S/C20H23N3O2/c1-2-18-22-19(23-25-18)14-9-10-16-13(12-14)8-11-17(16)20(24)21-15-6-4-3-5-7-15/h3-7,9-10,12,17-19,22-23H,2,8,11H2,1H3,(H,21,24)/t17-,18?,19?/m0/s1. The van der Waals surface area contributed by atoms with E-state index in [1.54, 1.807) is 0 Å². The van der Waals surface area contributed by atoms with Gasteiger partial charge < -0.3 is 5.32 Å². The van der Waals surface area contributed by atoms with Crippen LogP contribution in [0.4, 0.5) is 5.69 Å². The molecule has 2 aromatic rings. The monoisotopic (exact) mass is 337 g/mol. The number of hydrogen-bond acceptors (Lipinski definition) is 4. The lowest BCUT2D eigenvalue weighted by atomic mass is 9.98. The summed E-state index contributed by atoms with van der Waals surface area (Å²) in [6, 6.07) is 16.0. The predicted molar refractivity (Wildman–Crippen MR) is 96.8 cm³/mol. The molecule has 2 aromatic carbocycles. The van der Waals surface area contributed by atoms with Crippen LogP contribution in [0.15, 0.2) is 48.5 Å². The highest BCUT2D eigenvalue weighted by molar-refractivity contribution is 5.96. The summed E-state index contributed by atoms with van der Waals surface area (Å²) >= 11 is 0. The molecule has 1 fully saturated rings. The van der Waals surface area contributed by atoms with Gasteiger partial charge in [-0.25, -0.2) is 0 Å². The molecule has 5 heteroatoms. The maximum Gasteiger partial charge on any atom is 0.231 e. The topological polar surface area (TPSA) is 62.4 Å². The van der Waals surface area contributed by atoms with Crippen molar-refractivity contribution in [1.82, 2.24) is 10.8 Å². The average Bonchev–Trinajstić information content (AvgIpc) is 3.29. The molecule has 1 heterocycles. The zero-order valence-electron chi connectivity index (χ0n) is 14.3. The Bertz CT molecular complexity index is 763. The van der Waals surface area contributed by atoms with Crippen LogP contribution in [0.25, 0.3) is 0 Å². The molecule has 2 unspecified atom stereocenters. The van der Waals surface area contributed by atoms with Crippen molar-refractivity contribution < 1.29 is 9.63 Å². The lowest BCUT2D eigenvalue weighted by Crippen LogP contribution is -2.25. The summed E-state index contributed by atoms with van der Waals surface area (Å²) in [5, 5.41) is 6.43. The fourth-order valence-corrected chi connectivity index (χ4v) is 3.61. The molecule has 0 spiro atoms. The fraction of sp³-hybridized carbons (Fsp3) is 0.350. The van der Waals surface area contributed by atoms with Crippen molar-refractivity contribution in [2.45, 2.75) is 44.5 Å². The second-order valence-corrected chi connectivity index (χ2v) is 6.64. The van der Waals surface area contributed by atoms with Crippen LogP contribution in [-0.4, -0.2) is 12.1 Å². The Balaban J connectivity index is 1.48. The normalized spacial score (nSPS) is 24.9. The molecule has 2 aliphatic rings. The zero-order chi connectivity index (χ0) is 17.2. The average molecular weight is 337 g/mol.